The molecule has 0 amide bonds. The van der Waals surface area contributed by atoms with Crippen molar-refractivity contribution in [1.82, 2.24) is 0 Å². The monoisotopic (exact) mass is 286 g/mol. The summed E-state index contributed by atoms with van der Waals surface area (Å²) in [5.41, 5.74) is 2.23. The fourth-order valence-electron chi connectivity index (χ4n) is 1.80. The van der Waals surface area contributed by atoms with Gasteiger partial charge in [0, 0.05) is 15.6 Å². The highest BCUT2D eigenvalue weighted by Crippen LogP contribution is 2.24. The second kappa shape index (κ2) is 3.78. The van der Waals surface area contributed by atoms with Crippen LogP contribution in [0.3, 0.4) is 0 Å². The molecule has 13 heavy (non-hydrogen) atoms. The summed E-state index contributed by atoms with van der Waals surface area (Å²) in [7, 11) is 0. The van der Waals surface area contributed by atoms with Crippen LogP contribution in [0.15, 0.2) is 18.2 Å². The Labute approximate surface area is 91.7 Å². The third-order valence-electron chi connectivity index (χ3n) is 2.50. The van der Waals surface area contributed by atoms with E-state index >= 15 is 0 Å². The van der Waals surface area contributed by atoms with Crippen molar-refractivity contribution >= 4 is 28.4 Å². The lowest BCUT2D eigenvalue weighted by molar-refractivity contribution is 0.0982. The van der Waals surface area contributed by atoms with Crippen molar-refractivity contribution in [3.8, 4) is 0 Å². The SMILES string of the molecule is O=C1CCCCc2c(I)cccc21. The second-order valence-electron chi connectivity index (χ2n) is 3.40. The van der Waals surface area contributed by atoms with E-state index in [1.54, 1.807) is 0 Å². The molecule has 0 aliphatic heterocycles. The highest BCUT2D eigenvalue weighted by atomic mass is 127. The van der Waals surface area contributed by atoms with Gasteiger partial charge in [0.05, 0.1) is 0 Å². The van der Waals surface area contributed by atoms with E-state index in [4.69, 9.17) is 0 Å². The van der Waals surface area contributed by atoms with Crippen molar-refractivity contribution < 1.29 is 4.79 Å². The molecular weight excluding hydrogens is 275 g/mol. The molecule has 0 atom stereocenters. The Bertz CT molecular complexity index is 344. The number of ketones is 1. The fraction of sp³-hybridized carbons (Fsp3) is 0.364. The summed E-state index contributed by atoms with van der Waals surface area (Å²) in [6, 6.07) is 6.02. The van der Waals surface area contributed by atoms with Gasteiger partial charge in [-0.2, -0.15) is 0 Å². The summed E-state index contributed by atoms with van der Waals surface area (Å²) in [6.07, 6.45) is 4.00. The maximum absolute atomic E-state index is 11.7. The molecule has 0 aromatic heterocycles. The van der Waals surface area contributed by atoms with Gasteiger partial charge in [0.25, 0.3) is 0 Å². The van der Waals surface area contributed by atoms with Gasteiger partial charge in [-0.25, -0.2) is 0 Å². The zero-order valence-electron chi connectivity index (χ0n) is 7.35. The molecular formula is C11H11IO. The summed E-state index contributed by atoms with van der Waals surface area (Å²) in [6.45, 7) is 0. The average Bonchev–Trinajstić information content (AvgIpc) is 2.30. The highest BCUT2D eigenvalue weighted by molar-refractivity contribution is 14.1. The number of rotatable bonds is 0. The second-order valence-corrected chi connectivity index (χ2v) is 4.56. The van der Waals surface area contributed by atoms with Gasteiger partial charge in [0.2, 0.25) is 0 Å². The van der Waals surface area contributed by atoms with Gasteiger partial charge in [0.1, 0.15) is 0 Å². The molecule has 0 fully saturated rings. The van der Waals surface area contributed by atoms with Gasteiger partial charge >= 0.3 is 0 Å². The first-order chi connectivity index (χ1) is 6.29. The van der Waals surface area contributed by atoms with Gasteiger partial charge < -0.3 is 0 Å². The largest absolute Gasteiger partial charge is 0.294 e. The molecule has 0 spiro atoms. The molecule has 1 aliphatic carbocycles. The summed E-state index contributed by atoms with van der Waals surface area (Å²) >= 11 is 2.32. The first-order valence-corrected chi connectivity index (χ1v) is 5.67. The molecule has 1 aliphatic rings. The molecule has 0 heterocycles. The maximum Gasteiger partial charge on any atom is 0.163 e. The molecule has 1 aromatic rings. The Morgan fingerprint density at radius 3 is 2.77 bits per heavy atom. The van der Waals surface area contributed by atoms with Crippen LogP contribution in [0, 0.1) is 3.57 Å². The Kier molecular flexibility index (Phi) is 2.67. The first-order valence-electron chi connectivity index (χ1n) is 4.59. The van der Waals surface area contributed by atoms with Crippen molar-refractivity contribution in [3.05, 3.63) is 32.9 Å². The third-order valence-corrected chi connectivity index (χ3v) is 3.51. The molecule has 0 saturated carbocycles. The predicted molar refractivity (Wildman–Crippen MR) is 61.0 cm³/mol. The number of halogens is 1. The molecule has 0 N–H and O–H groups in total. The summed E-state index contributed by atoms with van der Waals surface area (Å²) in [4.78, 5) is 11.7. The van der Waals surface area contributed by atoms with Crippen LogP contribution < -0.4 is 0 Å². The minimum Gasteiger partial charge on any atom is -0.294 e. The van der Waals surface area contributed by atoms with E-state index in [1.807, 2.05) is 12.1 Å². The number of fused-ring (bicyclic) bond motifs is 1. The lowest BCUT2D eigenvalue weighted by atomic mass is 10.0. The molecule has 1 aromatic carbocycles. The van der Waals surface area contributed by atoms with Crippen molar-refractivity contribution in [2.24, 2.45) is 0 Å². The van der Waals surface area contributed by atoms with Crippen molar-refractivity contribution in [3.63, 3.8) is 0 Å². The molecule has 1 nitrogen and oxygen atoms in total. The number of hydrogen-bond donors (Lipinski definition) is 0. The average molecular weight is 286 g/mol. The van der Waals surface area contributed by atoms with Crippen LogP contribution in [0.5, 0.6) is 0 Å². The lowest BCUT2D eigenvalue weighted by Crippen LogP contribution is -2.01. The topological polar surface area (TPSA) is 17.1 Å². The number of benzene rings is 1. The zero-order valence-corrected chi connectivity index (χ0v) is 9.50. The Morgan fingerprint density at radius 2 is 1.92 bits per heavy atom. The van der Waals surface area contributed by atoms with Crippen LogP contribution in [-0.2, 0) is 6.42 Å². The van der Waals surface area contributed by atoms with Crippen LogP contribution in [-0.4, -0.2) is 5.78 Å². The molecule has 2 heteroatoms. The van der Waals surface area contributed by atoms with E-state index < -0.39 is 0 Å². The summed E-state index contributed by atoms with van der Waals surface area (Å²) in [5, 5.41) is 0. The van der Waals surface area contributed by atoms with Crippen LogP contribution >= 0.6 is 22.6 Å². The summed E-state index contributed by atoms with van der Waals surface area (Å²) < 4.78 is 1.24. The van der Waals surface area contributed by atoms with Gasteiger partial charge in [-0.05, 0) is 53.5 Å². The molecule has 0 radical (unpaired) electrons. The van der Waals surface area contributed by atoms with Crippen molar-refractivity contribution in [2.75, 3.05) is 0 Å². The fourth-order valence-corrected chi connectivity index (χ4v) is 2.56. The quantitative estimate of drug-likeness (QED) is 0.529. The Balaban J connectivity index is 2.54. The summed E-state index contributed by atoms with van der Waals surface area (Å²) in [5.74, 6) is 0.325. The van der Waals surface area contributed by atoms with Crippen molar-refractivity contribution in [1.29, 1.82) is 0 Å². The zero-order chi connectivity index (χ0) is 9.26. The van der Waals surface area contributed by atoms with E-state index in [0.717, 1.165) is 31.2 Å². The van der Waals surface area contributed by atoms with E-state index in [1.165, 1.54) is 9.13 Å². The number of carbonyl (C=O) groups excluding carboxylic acids is 1. The predicted octanol–water partition coefficient (Wildman–Crippen LogP) is 3.20. The van der Waals surface area contributed by atoms with Crippen LogP contribution in [0.2, 0.25) is 0 Å². The molecule has 0 unspecified atom stereocenters. The molecule has 0 saturated heterocycles. The van der Waals surface area contributed by atoms with Crippen molar-refractivity contribution in [2.45, 2.75) is 25.7 Å². The third kappa shape index (κ3) is 1.77. The normalized spacial score (nSPS) is 16.5. The maximum atomic E-state index is 11.7. The highest BCUT2D eigenvalue weighted by Gasteiger charge is 2.16. The van der Waals surface area contributed by atoms with Crippen LogP contribution in [0.25, 0.3) is 0 Å². The molecule has 68 valence electrons. The van der Waals surface area contributed by atoms with Gasteiger partial charge in [-0.1, -0.05) is 12.1 Å². The van der Waals surface area contributed by atoms with Gasteiger partial charge in [-0.15, -0.1) is 0 Å². The number of Topliss-reactive ketones (excluding diaryl/α,β-unsaturated/α-hetero) is 1. The number of hydrogen-bond acceptors (Lipinski definition) is 1. The number of carbonyl (C=O) groups is 1. The molecule has 0 bridgehead atoms. The van der Waals surface area contributed by atoms with Gasteiger partial charge in [-0.3, -0.25) is 4.79 Å². The standard InChI is InChI=1S/C11H11IO/c12-10-6-3-5-9-8(10)4-1-2-7-11(9)13/h3,5-6H,1-2,4,7H2. The Hall–Kier alpha value is -0.380. The minimum absolute atomic E-state index is 0.325. The van der Waals surface area contributed by atoms with E-state index in [2.05, 4.69) is 28.7 Å². The lowest BCUT2D eigenvalue weighted by Gasteiger charge is -2.05. The first kappa shape index (κ1) is 9.19. The smallest absolute Gasteiger partial charge is 0.163 e. The van der Waals surface area contributed by atoms with E-state index in [-0.39, 0.29) is 0 Å². The Morgan fingerprint density at radius 1 is 1.15 bits per heavy atom. The van der Waals surface area contributed by atoms with Gasteiger partial charge in [0.15, 0.2) is 5.78 Å². The van der Waals surface area contributed by atoms with Crippen LogP contribution in [0.1, 0.15) is 35.2 Å². The van der Waals surface area contributed by atoms with Crippen LogP contribution in [0.4, 0.5) is 0 Å². The van der Waals surface area contributed by atoms with E-state index in [9.17, 15) is 4.79 Å². The minimum atomic E-state index is 0.325. The molecule has 2 rings (SSSR count). The van der Waals surface area contributed by atoms with E-state index in [0.29, 0.717) is 5.78 Å².